The van der Waals surface area contributed by atoms with Crippen LogP contribution in [0, 0.1) is 0 Å². The summed E-state index contributed by atoms with van der Waals surface area (Å²) >= 11 is 0. The third-order valence-electron chi connectivity index (χ3n) is 3.12. The SMILES string of the molecule is NC(=NCc1ncn(-c2ccccc2)n1)N1CCC1. The Labute approximate surface area is 111 Å². The van der Waals surface area contributed by atoms with Gasteiger partial charge in [0.25, 0.3) is 0 Å². The van der Waals surface area contributed by atoms with E-state index in [9.17, 15) is 0 Å². The molecule has 0 radical (unpaired) electrons. The first kappa shape index (κ1) is 11.7. The van der Waals surface area contributed by atoms with Crippen molar-refractivity contribution in [2.45, 2.75) is 13.0 Å². The Morgan fingerprint density at radius 1 is 1.26 bits per heavy atom. The van der Waals surface area contributed by atoms with E-state index in [0.29, 0.717) is 18.3 Å². The zero-order chi connectivity index (χ0) is 13.1. The molecule has 0 amide bonds. The van der Waals surface area contributed by atoms with Crippen molar-refractivity contribution < 1.29 is 0 Å². The molecular weight excluding hydrogens is 240 g/mol. The fourth-order valence-electron chi connectivity index (χ4n) is 1.87. The zero-order valence-electron chi connectivity index (χ0n) is 10.6. The molecule has 1 aromatic carbocycles. The summed E-state index contributed by atoms with van der Waals surface area (Å²) in [5, 5.41) is 4.38. The van der Waals surface area contributed by atoms with Crippen molar-refractivity contribution in [1.29, 1.82) is 0 Å². The number of benzene rings is 1. The molecule has 0 saturated carbocycles. The summed E-state index contributed by atoms with van der Waals surface area (Å²) in [5.74, 6) is 1.26. The largest absolute Gasteiger partial charge is 0.370 e. The highest BCUT2D eigenvalue weighted by Gasteiger charge is 2.15. The smallest absolute Gasteiger partial charge is 0.191 e. The molecule has 19 heavy (non-hydrogen) atoms. The maximum Gasteiger partial charge on any atom is 0.191 e. The van der Waals surface area contributed by atoms with Crippen molar-refractivity contribution in [3.8, 4) is 5.69 Å². The highest BCUT2D eigenvalue weighted by Crippen LogP contribution is 2.07. The first-order valence-corrected chi connectivity index (χ1v) is 6.34. The molecule has 1 aromatic heterocycles. The summed E-state index contributed by atoms with van der Waals surface area (Å²) in [6.45, 7) is 2.42. The third kappa shape index (κ3) is 2.57. The van der Waals surface area contributed by atoms with Crippen LogP contribution in [0.1, 0.15) is 12.2 Å². The Hall–Kier alpha value is -2.37. The minimum absolute atomic E-state index is 0.419. The number of guanidine groups is 1. The molecule has 1 saturated heterocycles. The van der Waals surface area contributed by atoms with E-state index in [1.807, 2.05) is 35.2 Å². The lowest BCUT2D eigenvalue weighted by molar-refractivity contribution is 0.295. The maximum absolute atomic E-state index is 5.86. The Morgan fingerprint density at radius 2 is 2.05 bits per heavy atom. The van der Waals surface area contributed by atoms with Crippen molar-refractivity contribution in [2.24, 2.45) is 10.7 Å². The van der Waals surface area contributed by atoms with Crippen molar-refractivity contribution in [3.63, 3.8) is 0 Å². The predicted molar refractivity (Wildman–Crippen MR) is 72.9 cm³/mol. The van der Waals surface area contributed by atoms with Crippen molar-refractivity contribution in [1.82, 2.24) is 19.7 Å². The van der Waals surface area contributed by atoms with E-state index in [-0.39, 0.29) is 0 Å². The molecule has 0 bridgehead atoms. The van der Waals surface area contributed by atoms with Gasteiger partial charge in [0.1, 0.15) is 12.9 Å². The van der Waals surface area contributed by atoms with Crippen LogP contribution in [0.5, 0.6) is 0 Å². The number of likely N-dealkylation sites (tertiary alicyclic amines) is 1. The van der Waals surface area contributed by atoms with Crippen LogP contribution in [0.25, 0.3) is 5.69 Å². The van der Waals surface area contributed by atoms with Gasteiger partial charge in [-0.3, -0.25) is 0 Å². The summed E-state index contributed by atoms with van der Waals surface area (Å²) in [5.41, 5.74) is 6.85. The minimum Gasteiger partial charge on any atom is -0.370 e. The predicted octanol–water partition coefficient (Wildman–Crippen LogP) is 0.788. The molecule has 1 fully saturated rings. The van der Waals surface area contributed by atoms with Crippen LogP contribution in [-0.4, -0.2) is 38.7 Å². The van der Waals surface area contributed by atoms with Gasteiger partial charge in [0.15, 0.2) is 11.8 Å². The molecule has 6 nitrogen and oxygen atoms in total. The number of para-hydroxylation sites is 1. The molecule has 98 valence electrons. The van der Waals surface area contributed by atoms with Gasteiger partial charge in [-0.2, -0.15) is 0 Å². The van der Waals surface area contributed by atoms with Gasteiger partial charge in [-0.05, 0) is 18.6 Å². The second kappa shape index (κ2) is 5.09. The Kier molecular flexibility index (Phi) is 3.14. The summed E-state index contributed by atoms with van der Waals surface area (Å²) in [6.07, 6.45) is 2.89. The minimum atomic E-state index is 0.419. The van der Waals surface area contributed by atoms with Gasteiger partial charge < -0.3 is 10.6 Å². The number of aromatic nitrogens is 3. The first-order valence-electron chi connectivity index (χ1n) is 6.34. The van der Waals surface area contributed by atoms with Crippen LogP contribution in [0.2, 0.25) is 0 Å². The molecule has 1 aliphatic rings. The summed E-state index contributed by atoms with van der Waals surface area (Å²) in [6, 6.07) is 9.87. The van der Waals surface area contributed by atoms with Gasteiger partial charge >= 0.3 is 0 Å². The normalized spacial score (nSPS) is 15.4. The molecule has 6 heteroatoms. The molecule has 2 heterocycles. The molecule has 2 aromatic rings. The van der Waals surface area contributed by atoms with Crippen molar-refractivity contribution in [3.05, 3.63) is 42.5 Å². The monoisotopic (exact) mass is 256 g/mol. The Balaban J connectivity index is 1.68. The lowest BCUT2D eigenvalue weighted by atomic mass is 10.2. The van der Waals surface area contributed by atoms with E-state index < -0.39 is 0 Å². The molecule has 0 spiro atoms. The second-order valence-electron chi connectivity index (χ2n) is 4.46. The highest BCUT2D eigenvalue weighted by atomic mass is 15.3. The molecule has 3 rings (SSSR count). The van der Waals surface area contributed by atoms with Gasteiger partial charge in [0, 0.05) is 13.1 Å². The van der Waals surface area contributed by atoms with E-state index in [1.165, 1.54) is 6.42 Å². The molecule has 0 atom stereocenters. The highest BCUT2D eigenvalue weighted by molar-refractivity contribution is 5.78. The number of hydrogen-bond acceptors (Lipinski definition) is 3. The lowest BCUT2D eigenvalue weighted by Gasteiger charge is -2.31. The fourth-order valence-corrected chi connectivity index (χ4v) is 1.87. The molecule has 0 aliphatic carbocycles. The van der Waals surface area contributed by atoms with Crippen molar-refractivity contribution in [2.75, 3.05) is 13.1 Å². The van der Waals surface area contributed by atoms with Crippen LogP contribution < -0.4 is 5.73 Å². The Bertz CT molecular complexity index is 570. The molecule has 2 N–H and O–H groups in total. The molecule has 1 aliphatic heterocycles. The summed E-state index contributed by atoms with van der Waals surface area (Å²) in [4.78, 5) is 10.6. The van der Waals surface area contributed by atoms with Gasteiger partial charge in [-0.1, -0.05) is 18.2 Å². The van der Waals surface area contributed by atoms with E-state index in [2.05, 4.69) is 15.1 Å². The fraction of sp³-hybridized carbons (Fsp3) is 0.308. The van der Waals surface area contributed by atoms with E-state index in [4.69, 9.17) is 5.73 Å². The quantitative estimate of drug-likeness (QED) is 0.651. The first-order chi connectivity index (χ1) is 9.33. The zero-order valence-corrected chi connectivity index (χ0v) is 10.6. The van der Waals surface area contributed by atoms with E-state index in [1.54, 1.807) is 11.0 Å². The topological polar surface area (TPSA) is 72.3 Å². The second-order valence-corrected chi connectivity index (χ2v) is 4.46. The summed E-state index contributed by atoms with van der Waals surface area (Å²) in [7, 11) is 0. The van der Waals surface area contributed by atoms with E-state index in [0.717, 1.165) is 18.8 Å². The average Bonchev–Trinajstić information content (AvgIpc) is 2.84. The maximum atomic E-state index is 5.86. The number of nitrogens with two attached hydrogens (primary N) is 1. The van der Waals surface area contributed by atoms with Crippen LogP contribution in [0.3, 0.4) is 0 Å². The number of hydrogen-bond donors (Lipinski definition) is 1. The number of aliphatic imine (C=N–C) groups is 1. The molecule has 0 unspecified atom stereocenters. The average molecular weight is 256 g/mol. The standard InChI is InChI=1S/C13H16N6/c14-13(18-7-4-8-18)15-9-12-16-10-19(17-12)11-5-2-1-3-6-11/h1-3,5-6,10H,4,7-9H2,(H2,14,15). The Morgan fingerprint density at radius 3 is 2.74 bits per heavy atom. The van der Waals surface area contributed by atoms with Gasteiger partial charge in [-0.15, -0.1) is 5.10 Å². The number of rotatable bonds is 3. The van der Waals surface area contributed by atoms with Gasteiger partial charge in [-0.25, -0.2) is 14.7 Å². The van der Waals surface area contributed by atoms with Gasteiger partial charge in [0.05, 0.1) is 5.69 Å². The van der Waals surface area contributed by atoms with E-state index >= 15 is 0 Å². The summed E-state index contributed by atoms with van der Waals surface area (Å²) < 4.78 is 1.74. The lowest BCUT2D eigenvalue weighted by Crippen LogP contribution is -2.46. The van der Waals surface area contributed by atoms with Crippen molar-refractivity contribution >= 4 is 5.96 Å². The molecular formula is C13H16N6. The van der Waals surface area contributed by atoms with Crippen LogP contribution in [0.4, 0.5) is 0 Å². The number of nitrogens with zero attached hydrogens (tertiary/aromatic N) is 5. The van der Waals surface area contributed by atoms with Gasteiger partial charge in [0.2, 0.25) is 0 Å². The third-order valence-corrected chi connectivity index (χ3v) is 3.12. The van der Waals surface area contributed by atoms with Crippen LogP contribution >= 0.6 is 0 Å². The van der Waals surface area contributed by atoms with Crippen LogP contribution in [-0.2, 0) is 6.54 Å². The van der Waals surface area contributed by atoms with Crippen LogP contribution in [0.15, 0.2) is 41.7 Å².